The summed E-state index contributed by atoms with van der Waals surface area (Å²) in [5.74, 6) is 0.322. The van der Waals surface area contributed by atoms with E-state index in [-0.39, 0.29) is 18.4 Å². The number of anilines is 2. The Bertz CT molecular complexity index is 565. The fourth-order valence-electron chi connectivity index (χ4n) is 2.30. The van der Waals surface area contributed by atoms with Gasteiger partial charge < -0.3 is 20.7 Å². The average molecular weight is 323 g/mol. The van der Waals surface area contributed by atoms with E-state index in [9.17, 15) is 9.59 Å². The SMILES string of the molecule is CSCC(N)C(=O)Nc1ccc(N2CCOCC2=O)c(C)c1. The molecular formula is C15H21N3O3S. The number of benzene rings is 1. The predicted molar refractivity (Wildman–Crippen MR) is 89.3 cm³/mol. The van der Waals surface area contributed by atoms with E-state index in [1.807, 2.05) is 25.3 Å². The summed E-state index contributed by atoms with van der Waals surface area (Å²) in [5.41, 5.74) is 8.23. The molecule has 1 aromatic carbocycles. The Labute approximate surface area is 134 Å². The van der Waals surface area contributed by atoms with Gasteiger partial charge in [0.1, 0.15) is 6.61 Å². The zero-order valence-electron chi connectivity index (χ0n) is 12.8. The van der Waals surface area contributed by atoms with Gasteiger partial charge in [0.2, 0.25) is 5.91 Å². The van der Waals surface area contributed by atoms with E-state index in [1.165, 1.54) is 11.8 Å². The average Bonchev–Trinajstić information content (AvgIpc) is 2.49. The standard InChI is InChI=1S/C15H21N3O3S/c1-10-7-11(17-15(20)12(16)9-22-2)3-4-13(10)18-5-6-21-8-14(18)19/h3-4,7,12H,5-6,8-9,16H2,1-2H3,(H,17,20). The van der Waals surface area contributed by atoms with Gasteiger partial charge in [-0.25, -0.2) is 0 Å². The minimum absolute atomic E-state index is 0.0480. The molecule has 6 nitrogen and oxygen atoms in total. The molecule has 0 radical (unpaired) electrons. The number of carbonyl (C=O) groups excluding carboxylic acids is 2. The number of nitrogens with zero attached hydrogens (tertiary/aromatic N) is 1. The van der Waals surface area contributed by atoms with E-state index >= 15 is 0 Å². The lowest BCUT2D eigenvalue weighted by Gasteiger charge is -2.28. The number of nitrogens with one attached hydrogen (secondary N) is 1. The molecule has 1 saturated heterocycles. The molecule has 22 heavy (non-hydrogen) atoms. The highest BCUT2D eigenvalue weighted by Gasteiger charge is 2.22. The molecule has 0 aromatic heterocycles. The molecule has 1 aliphatic rings. The van der Waals surface area contributed by atoms with Gasteiger partial charge in [-0.1, -0.05) is 0 Å². The third kappa shape index (κ3) is 4.00. The highest BCUT2D eigenvalue weighted by atomic mass is 32.2. The quantitative estimate of drug-likeness (QED) is 0.844. The van der Waals surface area contributed by atoms with Crippen LogP contribution in [0, 0.1) is 6.92 Å². The molecule has 1 aromatic rings. The van der Waals surface area contributed by atoms with Crippen molar-refractivity contribution in [3.8, 4) is 0 Å². The first-order chi connectivity index (χ1) is 10.5. The minimum Gasteiger partial charge on any atom is -0.370 e. The molecule has 2 rings (SSSR count). The smallest absolute Gasteiger partial charge is 0.253 e. The molecule has 0 aliphatic carbocycles. The number of hydrogen-bond donors (Lipinski definition) is 2. The second-order valence-electron chi connectivity index (χ2n) is 5.15. The first-order valence-corrected chi connectivity index (χ1v) is 8.46. The molecule has 2 amide bonds. The van der Waals surface area contributed by atoms with Crippen LogP contribution in [0.2, 0.25) is 0 Å². The van der Waals surface area contributed by atoms with Crippen LogP contribution in [0.5, 0.6) is 0 Å². The van der Waals surface area contributed by atoms with Gasteiger partial charge in [-0.05, 0) is 36.9 Å². The summed E-state index contributed by atoms with van der Waals surface area (Å²) >= 11 is 1.53. The van der Waals surface area contributed by atoms with Crippen LogP contribution in [-0.2, 0) is 14.3 Å². The lowest BCUT2D eigenvalue weighted by atomic mass is 10.1. The maximum atomic E-state index is 11.9. The van der Waals surface area contributed by atoms with E-state index in [4.69, 9.17) is 10.5 Å². The summed E-state index contributed by atoms with van der Waals surface area (Å²) < 4.78 is 5.13. The highest BCUT2D eigenvalue weighted by molar-refractivity contribution is 7.98. The number of morpholine rings is 1. The predicted octanol–water partition coefficient (Wildman–Crippen LogP) is 0.987. The fourth-order valence-corrected chi connectivity index (χ4v) is 2.81. The molecule has 1 heterocycles. The third-order valence-electron chi connectivity index (χ3n) is 3.42. The molecule has 120 valence electrons. The number of nitrogens with two attached hydrogens (primary N) is 1. The maximum Gasteiger partial charge on any atom is 0.253 e. The Kier molecular flexibility index (Phi) is 5.82. The molecule has 0 bridgehead atoms. The van der Waals surface area contributed by atoms with Crippen molar-refractivity contribution in [2.45, 2.75) is 13.0 Å². The Morgan fingerprint density at radius 1 is 1.55 bits per heavy atom. The van der Waals surface area contributed by atoms with Gasteiger partial charge in [-0.15, -0.1) is 0 Å². The summed E-state index contributed by atoms with van der Waals surface area (Å²) in [6.45, 7) is 3.11. The Hall–Kier alpha value is -1.57. The molecule has 1 fully saturated rings. The van der Waals surface area contributed by atoms with Crippen LogP contribution in [0.4, 0.5) is 11.4 Å². The molecule has 1 aliphatic heterocycles. The van der Waals surface area contributed by atoms with E-state index in [0.717, 1.165) is 11.3 Å². The van der Waals surface area contributed by atoms with Crippen LogP contribution in [0.1, 0.15) is 5.56 Å². The minimum atomic E-state index is -0.532. The Morgan fingerprint density at radius 2 is 2.32 bits per heavy atom. The lowest BCUT2D eigenvalue weighted by molar-refractivity contribution is -0.125. The Morgan fingerprint density at radius 3 is 2.95 bits per heavy atom. The molecule has 0 saturated carbocycles. The summed E-state index contributed by atoms with van der Waals surface area (Å²) in [4.78, 5) is 25.5. The molecule has 1 unspecified atom stereocenters. The van der Waals surface area contributed by atoms with Crippen LogP contribution < -0.4 is 16.0 Å². The van der Waals surface area contributed by atoms with Gasteiger partial charge in [0, 0.05) is 23.7 Å². The van der Waals surface area contributed by atoms with Crippen LogP contribution in [0.15, 0.2) is 18.2 Å². The van der Waals surface area contributed by atoms with Gasteiger partial charge in [-0.2, -0.15) is 11.8 Å². The summed E-state index contributed by atoms with van der Waals surface area (Å²) in [6.07, 6.45) is 1.91. The van der Waals surface area contributed by atoms with E-state index in [0.29, 0.717) is 24.6 Å². The first kappa shape index (κ1) is 16.8. The summed E-state index contributed by atoms with van der Waals surface area (Å²) in [6, 6.07) is 4.95. The Balaban J connectivity index is 2.09. The second-order valence-corrected chi connectivity index (χ2v) is 6.06. The molecule has 7 heteroatoms. The number of rotatable bonds is 5. The third-order valence-corrected chi connectivity index (χ3v) is 4.12. The van der Waals surface area contributed by atoms with Gasteiger partial charge >= 0.3 is 0 Å². The topological polar surface area (TPSA) is 84.7 Å². The van der Waals surface area contributed by atoms with Crippen molar-refractivity contribution in [1.82, 2.24) is 0 Å². The summed E-state index contributed by atoms with van der Waals surface area (Å²) in [7, 11) is 0. The van der Waals surface area contributed by atoms with E-state index in [2.05, 4.69) is 5.32 Å². The zero-order valence-corrected chi connectivity index (χ0v) is 13.6. The van der Waals surface area contributed by atoms with Gasteiger partial charge in [0.15, 0.2) is 0 Å². The van der Waals surface area contributed by atoms with Crippen LogP contribution >= 0.6 is 11.8 Å². The molecular weight excluding hydrogens is 302 g/mol. The van der Waals surface area contributed by atoms with Crippen LogP contribution in [0.3, 0.4) is 0 Å². The summed E-state index contributed by atoms with van der Waals surface area (Å²) in [5, 5.41) is 2.80. The van der Waals surface area contributed by atoms with Crippen molar-refractivity contribution in [3.05, 3.63) is 23.8 Å². The van der Waals surface area contributed by atoms with E-state index in [1.54, 1.807) is 11.0 Å². The fraction of sp³-hybridized carbons (Fsp3) is 0.467. The maximum absolute atomic E-state index is 11.9. The molecule has 1 atom stereocenters. The van der Waals surface area contributed by atoms with Crippen molar-refractivity contribution in [2.75, 3.05) is 42.0 Å². The van der Waals surface area contributed by atoms with E-state index < -0.39 is 6.04 Å². The number of aryl methyl sites for hydroxylation is 1. The number of carbonyl (C=O) groups is 2. The highest BCUT2D eigenvalue weighted by Crippen LogP contribution is 2.25. The van der Waals surface area contributed by atoms with Crippen molar-refractivity contribution in [2.24, 2.45) is 5.73 Å². The first-order valence-electron chi connectivity index (χ1n) is 7.07. The number of thioether (sulfide) groups is 1. The monoisotopic (exact) mass is 323 g/mol. The largest absolute Gasteiger partial charge is 0.370 e. The normalized spacial score (nSPS) is 16.5. The molecule has 0 spiro atoms. The van der Waals surface area contributed by atoms with Gasteiger partial charge in [0.05, 0.1) is 12.6 Å². The lowest BCUT2D eigenvalue weighted by Crippen LogP contribution is -2.42. The number of amides is 2. The van der Waals surface area contributed by atoms with Gasteiger partial charge in [-0.3, -0.25) is 9.59 Å². The van der Waals surface area contributed by atoms with Crippen molar-refractivity contribution < 1.29 is 14.3 Å². The van der Waals surface area contributed by atoms with Crippen molar-refractivity contribution in [3.63, 3.8) is 0 Å². The van der Waals surface area contributed by atoms with Crippen LogP contribution in [0.25, 0.3) is 0 Å². The van der Waals surface area contributed by atoms with Gasteiger partial charge in [0.25, 0.3) is 5.91 Å². The second kappa shape index (κ2) is 7.62. The molecule has 3 N–H and O–H groups in total. The van der Waals surface area contributed by atoms with Crippen molar-refractivity contribution in [1.29, 1.82) is 0 Å². The van der Waals surface area contributed by atoms with Crippen molar-refractivity contribution >= 4 is 35.0 Å². The number of hydrogen-bond acceptors (Lipinski definition) is 5. The van der Waals surface area contributed by atoms with Crippen LogP contribution in [-0.4, -0.2) is 49.6 Å². The zero-order chi connectivity index (χ0) is 16.1. The number of ether oxygens (including phenoxy) is 1.